The first-order valence-electron chi connectivity index (χ1n) is 13.3. The van der Waals surface area contributed by atoms with Crippen LogP contribution in [0.1, 0.15) is 49.8 Å². The van der Waals surface area contributed by atoms with E-state index in [0.29, 0.717) is 37.0 Å². The molecule has 2 aliphatic rings. The number of piperidine rings is 1. The van der Waals surface area contributed by atoms with Gasteiger partial charge >= 0.3 is 6.09 Å². The zero-order valence-corrected chi connectivity index (χ0v) is 24.1. The average Bonchev–Trinajstić information content (AvgIpc) is 3.22. The van der Waals surface area contributed by atoms with Gasteiger partial charge in [-0.1, -0.05) is 34.1 Å². The number of ether oxygens (including phenoxy) is 3. The molecule has 1 atom stereocenters. The predicted molar refractivity (Wildman–Crippen MR) is 149 cm³/mol. The molecule has 2 aromatic rings. The highest BCUT2D eigenvalue weighted by Gasteiger charge is 2.47. The van der Waals surface area contributed by atoms with Gasteiger partial charge in [-0.3, -0.25) is 4.79 Å². The first-order chi connectivity index (χ1) is 18.4. The van der Waals surface area contributed by atoms with Crippen molar-refractivity contribution in [1.29, 1.82) is 0 Å². The Balaban J connectivity index is 1.35. The Morgan fingerprint density at radius 1 is 1.03 bits per heavy atom. The molecule has 2 heterocycles. The van der Waals surface area contributed by atoms with E-state index in [1.165, 1.54) is 0 Å². The molecule has 206 valence electrons. The summed E-state index contributed by atoms with van der Waals surface area (Å²) < 4.78 is 17.0. The third-order valence-electron chi connectivity index (χ3n) is 7.81. The highest BCUT2D eigenvalue weighted by Crippen LogP contribution is 2.42. The predicted octanol–water partition coefficient (Wildman–Crippen LogP) is 5.16. The molecule has 2 fully saturated rings. The molecule has 0 aromatic heterocycles. The molecule has 38 heavy (non-hydrogen) atoms. The Bertz CT molecular complexity index is 1100. The maximum atomic E-state index is 13.4. The number of rotatable bonds is 10. The number of nitrogens with one attached hydrogen (secondary N) is 1. The van der Waals surface area contributed by atoms with Crippen LogP contribution in [0.15, 0.2) is 46.9 Å². The molecule has 2 aromatic carbocycles. The average molecular weight is 589 g/mol. The third-order valence-corrected chi connectivity index (χ3v) is 8.34. The van der Waals surface area contributed by atoms with Crippen molar-refractivity contribution in [3.8, 4) is 11.5 Å². The van der Waals surface area contributed by atoms with E-state index in [1.54, 1.807) is 21.1 Å². The van der Waals surface area contributed by atoms with Gasteiger partial charge in [0.25, 0.3) is 0 Å². The number of hydrogen-bond donors (Lipinski definition) is 1. The molecule has 0 bridgehead atoms. The zero-order chi connectivity index (χ0) is 27.1. The lowest BCUT2D eigenvalue weighted by atomic mass is 9.77. The molecule has 8 nitrogen and oxygen atoms in total. The maximum Gasteiger partial charge on any atom is 0.407 e. The van der Waals surface area contributed by atoms with Crippen LogP contribution < -0.4 is 14.8 Å². The van der Waals surface area contributed by atoms with E-state index >= 15 is 0 Å². The van der Waals surface area contributed by atoms with Crippen molar-refractivity contribution in [3.63, 3.8) is 0 Å². The molecule has 1 unspecified atom stereocenters. The van der Waals surface area contributed by atoms with Crippen molar-refractivity contribution in [3.05, 3.63) is 58.1 Å². The summed E-state index contributed by atoms with van der Waals surface area (Å²) in [5.74, 6) is 1.56. The second-order valence-electron chi connectivity index (χ2n) is 10.0. The second-order valence-corrected chi connectivity index (χ2v) is 11.0. The number of benzene rings is 2. The Morgan fingerprint density at radius 2 is 1.71 bits per heavy atom. The maximum absolute atomic E-state index is 13.4. The van der Waals surface area contributed by atoms with E-state index in [-0.39, 0.29) is 11.5 Å². The van der Waals surface area contributed by atoms with E-state index < -0.39 is 6.09 Å². The van der Waals surface area contributed by atoms with Crippen molar-refractivity contribution in [2.45, 2.75) is 45.2 Å². The minimum absolute atomic E-state index is 0.237. The van der Waals surface area contributed by atoms with Gasteiger partial charge in [0, 0.05) is 24.1 Å². The van der Waals surface area contributed by atoms with E-state index in [2.05, 4.69) is 38.3 Å². The topological polar surface area (TPSA) is 80.3 Å². The van der Waals surface area contributed by atoms with Crippen molar-refractivity contribution >= 4 is 27.9 Å². The summed E-state index contributed by atoms with van der Waals surface area (Å²) in [4.78, 5) is 30.1. The van der Waals surface area contributed by atoms with Gasteiger partial charge in [0.1, 0.15) is 0 Å². The number of amides is 2. The van der Waals surface area contributed by atoms with Gasteiger partial charge < -0.3 is 29.3 Å². The van der Waals surface area contributed by atoms with Crippen molar-refractivity contribution < 1.29 is 23.8 Å². The number of carbonyl (C=O) groups is 2. The number of likely N-dealkylation sites (tertiary alicyclic amines) is 2. The van der Waals surface area contributed by atoms with Crippen LogP contribution in [0.25, 0.3) is 0 Å². The van der Waals surface area contributed by atoms with Gasteiger partial charge in [-0.05, 0) is 81.1 Å². The van der Waals surface area contributed by atoms with Gasteiger partial charge in [-0.25, -0.2) is 4.79 Å². The standard InChI is InChI=1S/C29H38BrN3O5/c1-4-38-28(35)31-24(22-7-10-25(36-2)26(19-22)37-3)11-15-32-16-12-29(13-17-32)14-18-33(27(29)34)20-21-5-8-23(30)9-6-21/h5-10,19,24H,4,11-18,20H2,1-3H3,(H,31,35). The first kappa shape index (κ1) is 28.2. The lowest BCUT2D eigenvalue weighted by Crippen LogP contribution is -2.45. The molecular weight excluding hydrogens is 550 g/mol. The number of alkyl carbamates (subject to hydrolysis) is 1. The SMILES string of the molecule is CCOC(=O)NC(CCN1CCC2(CC1)CCN(Cc1ccc(Br)cc1)C2=O)c1ccc(OC)c(OC)c1. The fraction of sp³-hybridized carbons (Fsp3) is 0.517. The van der Waals surface area contributed by atoms with Crippen LogP contribution >= 0.6 is 15.9 Å². The number of halogens is 1. The largest absolute Gasteiger partial charge is 0.493 e. The van der Waals surface area contributed by atoms with E-state index in [1.807, 2.05) is 35.2 Å². The molecule has 2 amide bonds. The molecule has 0 saturated carbocycles. The molecular formula is C29H38BrN3O5. The van der Waals surface area contributed by atoms with Crippen LogP contribution in [0.3, 0.4) is 0 Å². The summed E-state index contributed by atoms with van der Waals surface area (Å²) in [7, 11) is 3.20. The lowest BCUT2D eigenvalue weighted by molar-refractivity contribution is -0.138. The molecule has 2 aliphatic heterocycles. The van der Waals surface area contributed by atoms with E-state index in [9.17, 15) is 9.59 Å². The Labute approximate surface area is 233 Å². The minimum Gasteiger partial charge on any atom is -0.493 e. The van der Waals surface area contributed by atoms with Gasteiger partial charge in [0.05, 0.1) is 32.3 Å². The minimum atomic E-state index is -0.438. The van der Waals surface area contributed by atoms with Crippen LogP contribution in [0.4, 0.5) is 4.79 Å². The quantitative estimate of drug-likeness (QED) is 0.413. The zero-order valence-electron chi connectivity index (χ0n) is 22.5. The van der Waals surface area contributed by atoms with Crippen LogP contribution in [0.5, 0.6) is 11.5 Å². The molecule has 0 radical (unpaired) electrons. The highest BCUT2D eigenvalue weighted by atomic mass is 79.9. The summed E-state index contributed by atoms with van der Waals surface area (Å²) in [5, 5.41) is 3.00. The summed E-state index contributed by atoms with van der Waals surface area (Å²) in [6.45, 7) is 6.14. The smallest absolute Gasteiger partial charge is 0.407 e. The Kier molecular flexibility index (Phi) is 9.54. The first-order valence-corrected chi connectivity index (χ1v) is 14.1. The van der Waals surface area contributed by atoms with Crippen molar-refractivity contribution in [2.24, 2.45) is 5.41 Å². The monoisotopic (exact) mass is 587 g/mol. The van der Waals surface area contributed by atoms with Crippen LogP contribution in [-0.4, -0.2) is 68.8 Å². The Morgan fingerprint density at radius 3 is 2.37 bits per heavy atom. The summed E-state index contributed by atoms with van der Waals surface area (Å²) in [6.07, 6.45) is 2.94. The van der Waals surface area contributed by atoms with Crippen molar-refractivity contribution in [1.82, 2.24) is 15.1 Å². The van der Waals surface area contributed by atoms with Gasteiger partial charge in [0.2, 0.25) is 5.91 Å². The van der Waals surface area contributed by atoms with Crippen LogP contribution in [0, 0.1) is 5.41 Å². The number of nitrogens with zero attached hydrogens (tertiary/aromatic N) is 2. The second kappa shape index (κ2) is 12.8. The number of hydrogen-bond acceptors (Lipinski definition) is 6. The molecule has 4 rings (SSSR count). The van der Waals surface area contributed by atoms with Gasteiger partial charge in [-0.2, -0.15) is 0 Å². The fourth-order valence-electron chi connectivity index (χ4n) is 5.54. The summed E-state index contributed by atoms with van der Waals surface area (Å²) >= 11 is 3.48. The van der Waals surface area contributed by atoms with Gasteiger partial charge in [-0.15, -0.1) is 0 Å². The third kappa shape index (κ3) is 6.61. The Hall–Kier alpha value is -2.78. The van der Waals surface area contributed by atoms with Crippen LogP contribution in [-0.2, 0) is 16.1 Å². The molecule has 0 aliphatic carbocycles. The fourth-order valence-corrected chi connectivity index (χ4v) is 5.81. The molecule has 2 saturated heterocycles. The normalized spacial score (nSPS) is 17.9. The van der Waals surface area contributed by atoms with Gasteiger partial charge in [0.15, 0.2) is 11.5 Å². The van der Waals surface area contributed by atoms with Crippen LogP contribution in [0.2, 0.25) is 0 Å². The number of carbonyl (C=O) groups excluding carboxylic acids is 2. The molecule has 9 heteroatoms. The molecule has 1 spiro atoms. The lowest BCUT2D eigenvalue weighted by Gasteiger charge is -2.38. The number of methoxy groups -OCH3 is 2. The van der Waals surface area contributed by atoms with E-state index in [0.717, 1.165) is 61.0 Å². The molecule has 1 N–H and O–H groups in total. The van der Waals surface area contributed by atoms with E-state index in [4.69, 9.17) is 14.2 Å². The van der Waals surface area contributed by atoms with Crippen molar-refractivity contribution in [2.75, 3.05) is 47.0 Å². The highest BCUT2D eigenvalue weighted by molar-refractivity contribution is 9.10. The summed E-state index contributed by atoms with van der Waals surface area (Å²) in [6, 6.07) is 13.7. The summed E-state index contributed by atoms with van der Waals surface area (Å²) in [5.41, 5.74) is 1.85.